The lowest BCUT2D eigenvalue weighted by molar-refractivity contribution is 0.574. The van der Waals surface area contributed by atoms with Crippen LogP contribution < -0.4 is 10.6 Å². The molecule has 6 nitrogen and oxygen atoms in total. The van der Waals surface area contributed by atoms with E-state index in [0.717, 1.165) is 43.1 Å². The van der Waals surface area contributed by atoms with Crippen LogP contribution in [0.4, 0.5) is 5.69 Å². The average molecular weight is 369 g/mol. The Labute approximate surface area is 159 Å². The third-order valence-corrected chi connectivity index (χ3v) is 4.45. The fraction of sp³-hybridized carbons (Fsp3) is 0.316. The van der Waals surface area contributed by atoms with Gasteiger partial charge in [-0.2, -0.15) is 10.2 Å². The molecule has 0 bridgehead atoms. The molecule has 3 aromatic rings. The minimum Gasteiger partial charge on any atom is -0.362 e. The molecular formula is C19H24N6S. The smallest absolute Gasteiger partial charge is 0.170 e. The van der Waals surface area contributed by atoms with Crippen LogP contribution in [0.15, 0.2) is 48.8 Å². The van der Waals surface area contributed by atoms with Gasteiger partial charge in [-0.25, -0.2) is 0 Å². The molecule has 136 valence electrons. The molecule has 0 aliphatic rings. The normalized spacial score (nSPS) is 10.7. The maximum atomic E-state index is 5.43. The lowest BCUT2D eigenvalue weighted by atomic mass is 10.2. The van der Waals surface area contributed by atoms with Crippen molar-refractivity contribution in [2.24, 2.45) is 0 Å². The van der Waals surface area contributed by atoms with Crippen LogP contribution in [0.5, 0.6) is 0 Å². The van der Waals surface area contributed by atoms with E-state index in [1.165, 1.54) is 5.56 Å². The number of nitrogens with zero attached hydrogens (tertiary/aromatic N) is 4. The number of rotatable bonds is 7. The van der Waals surface area contributed by atoms with Gasteiger partial charge in [0.1, 0.15) is 0 Å². The first-order chi connectivity index (χ1) is 12.6. The minimum absolute atomic E-state index is 0.621. The Balaban J connectivity index is 1.53. The summed E-state index contributed by atoms with van der Waals surface area (Å²) in [4.78, 5) is 0. The average Bonchev–Trinajstić information content (AvgIpc) is 3.24. The van der Waals surface area contributed by atoms with Gasteiger partial charge in [0.15, 0.2) is 5.11 Å². The van der Waals surface area contributed by atoms with Gasteiger partial charge in [0, 0.05) is 25.5 Å². The Bertz CT molecular complexity index is 839. The molecule has 7 heteroatoms. The molecule has 2 heterocycles. The zero-order chi connectivity index (χ0) is 18.4. The van der Waals surface area contributed by atoms with Gasteiger partial charge in [-0.1, -0.05) is 30.3 Å². The van der Waals surface area contributed by atoms with Gasteiger partial charge >= 0.3 is 0 Å². The summed E-state index contributed by atoms with van der Waals surface area (Å²) in [6.07, 6.45) is 4.71. The van der Waals surface area contributed by atoms with E-state index in [-0.39, 0.29) is 0 Å². The quantitative estimate of drug-likeness (QED) is 0.496. The van der Waals surface area contributed by atoms with E-state index in [1.54, 1.807) is 6.20 Å². The van der Waals surface area contributed by atoms with Gasteiger partial charge in [-0.05, 0) is 44.1 Å². The standard InChI is InChI=1S/C19H24N6S/c1-15-18(16(2)25(23-15)14-17-8-4-3-5-9-17)22-19(26)20-10-6-12-24-13-7-11-21-24/h3-5,7-9,11,13H,6,10,12,14H2,1-2H3,(H2,20,22,26). The molecule has 26 heavy (non-hydrogen) atoms. The summed E-state index contributed by atoms with van der Waals surface area (Å²) in [6, 6.07) is 12.3. The molecule has 2 N–H and O–H groups in total. The molecule has 0 saturated carbocycles. The van der Waals surface area contributed by atoms with E-state index < -0.39 is 0 Å². The topological polar surface area (TPSA) is 59.7 Å². The molecule has 0 atom stereocenters. The lowest BCUT2D eigenvalue weighted by Gasteiger charge is -2.11. The van der Waals surface area contributed by atoms with Crippen molar-refractivity contribution in [2.75, 3.05) is 11.9 Å². The lowest BCUT2D eigenvalue weighted by Crippen LogP contribution is -2.30. The fourth-order valence-electron chi connectivity index (χ4n) is 2.82. The number of aromatic nitrogens is 4. The van der Waals surface area contributed by atoms with Crippen molar-refractivity contribution in [1.29, 1.82) is 0 Å². The van der Waals surface area contributed by atoms with Crippen molar-refractivity contribution in [3.05, 3.63) is 65.7 Å². The van der Waals surface area contributed by atoms with Gasteiger partial charge in [-0.15, -0.1) is 0 Å². The molecule has 0 aliphatic carbocycles. The Hall–Kier alpha value is -2.67. The second-order valence-corrected chi connectivity index (χ2v) is 6.60. The summed E-state index contributed by atoms with van der Waals surface area (Å²) in [5.41, 5.74) is 4.22. The second kappa shape index (κ2) is 8.62. The van der Waals surface area contributed by atoms with Crippen LogP contribution in [0.25, 0.3) is 0 Å². The number of hydrogen-bond acceptors (Lipinski definition) is 3. The molecule has 0 spiro atoms. The maximum Gasteiger partial charge on any atom is 0.170 e. The van der Waals surface area contributed by atoms with E-state index in [0.29, 0.717) is 5.11 Å². The van der Waals surface area contributed by atoms with E-state index in [2.05, 4.69) is 39.9 Å². The van der Waals surface area contributed by atoms with Gasteiger partial charge in [-0.3, -0.25) is 9.36 Å². The van der Waals surface area contributed by atoms with E-state index in [4.69, 9.17) is 12.2 Å². The van der Waals surface area contributed by atoms with Crippen molar-refractivity contribution < 1.29 is 0 Å². The highest BCUT2D eigenvalue weighted by molar-refractivity contribution is 7.80. The number of nitrogens with one attached hydrogen (secondary N) is 2. The van der Waals surface area contributed by atoms with Gasteiger partial charge in [0.05, 0.1) is 23.6 Å². The Morgan fingerprint density at radius 2 is 1.96 bits per heavy atom. The molecule has 0 amide bonds. The molecule has 0 saturated heterocycles. The van der Waals surface area contributed by atoms with Crippen LogP contribution in [0.2, 0.25) is 0 Å². The predicted octanol–water partition coefficient (Wildman–Crippen LogP) is 3.12. The third-order valence-electron chi connectivity index (χ3n) is 4.20. The highest BCUT2D eigenvalue weighted by Crippen LogP contribution is 2.20. The van der Waals surface area contributed by atoms with Crippen LogP contribution in [0.3, 0.4) is 0 Å². The number of thiocarbonyl (C=S) groups is 1. The van der Waals surface area contributed by atoms with Gasteiger partial charge in [0.2, 0.25) is 0 Å². The zero-order valence-corrected chi connectivity index (χ0v) is 16.0. The Kier molecular flexibility index (Phi) is 6.01. The molecule has 1 aromatic carbocycles. The number of aryl methyl sites for hydroxylation is 2. The summed E-state index contributed by atoms with van der Waals surface area (Å²) in [7, 11) is 0. The van der Waals surface area contributed by atoms with Crippen LogP contribution in [-0.2, 0) is 13.1 Å². The summed E-state index contributed by atoms with van der Waals surface area (Å²) in [5.74, 6) is 0. The Morgan fingerprint density at radius 1 is 1.15 bits per heavy atom. The molecular weight excluding hydrogens is 344 g/mol. The molecule has 0 radical (unpaired) electrons. The van der Waals surface area contributed by atoms with E-state index in [1.807, 2.05) is 46.7 Å². The van der Waals surface area contributed by atoms with Gasteiger partial charge < -0.3 is 10.6 Å². The SMILES string of the molecule is Cc1nn(Cc2ccccc2)c(C)c1NC(=S)NCCCn1cccn1. The molecule has 0 unspecified atom stereocenters. The van der Waals surface area contributed by atoms with Crippen LogP contribution in [0, 0.1) is 13.8 Å². The number of hydrogen-bond donors (Lipinski definition) is 2. The zero-order valence-electron chi connectivity index (χ0n) is 15.1. The monoisotopic (exact) mass is 368 g/mol. The summed E-state index contributed by atoms with van der Waals surface area (Å²) in [6.45, 7) is 6.47. The van der Waals surface area contributed by atoms with Crippen molar-refractivity contribution in [2.45, 2.75) is 33.4 Å². The maximum absolute atomic E-state index is 5.43. The predicted molar refractivity (Wildman–Crippen MR) is 108 cm³/mol. The molecule has 3 rings (SSSR count). The van der Waals surface area contributed by atoms with Crippen LogP contribution in [-0.4, -0.2) is 31.2 Å². The molecule has 2 aromatic heterocycles. The Morgan fingerprint density at radius 3 is 2.69 bits per heavy atom. The summed E-state index contributed by atoms with van der Waals surface area (Å²) < 4.78 is 3.92. The summed E-state index contributed by atoms with van der Waals surface area (Å²) in [5, 5.41) is 16.0. The first-order valence-corrected chi connectivity index (χ1v) is 9.14. The molecule has 0 aliphatic heterocycles. The largest absolute Gasteiger partial charge is 0.362 e. The first kappa shape index (κ1) is 18.1. The second-order valence-electron chi connectivity index (χ2n) is 6.19. The number of benzene rings is 1. The van der Waals surface area contributed by atoms with Crippen molar-refractivity contribution in [3.63, 3.8) is 0 Å². The fourth-order valence-corrected chi connectivity index (χ4v) is 3.03. The number of anilines is 1. The van der Waals surface area contributed by atoms with Gasteiger partial charge in [0.25, 0.3) is 0 Å². The van der Waals surface area contributed by atoms with Crippen LogP contribution in [0.1, 0.15) is 23.4 Å². The first-order valence-electron chi connectivity index (χ1n) is 8.73. The third kappa shape index (κ3) is 4.70. The highest BCUT2D eigenvalue weighted by Gasteiger charge is 2.12. The van der Waals surface area contributed by atoms with E-state index in [9.17, 15) is 0 Å². The van der Waals surface area contributed by atoms with Crippen molar-refractivity contribution in [3.8, 4) is 0 Å². The highest BCUT2D eigenvalue weighted by atomic mass is 32.1. The summed E-state index contributed by atoms with van der Waals surface area (Å²) >= 11 is 5.43. The van der Waals surface area contributed by atoms with Crippen LogP contribution >= 0.6 is 12.2 Å². The molecule has 0 fully saturated rings. The van der Waals surface area contributed by atoms with E-state index >= 15 is 0 Å². The van der Waals surface area contributed by atoms with Crippen molar-refractivity contribution in [1.82, 2.24) is 24.9 Å². The van der Waals surface area contributed by atoms with Crippen molar-refractivity contribution >= 4 is 23.0 Å². The minimum atomic E-state index is 0.621.